The number of hydrogen-bond acceptors (Lipinski definition) is 7. The molecule has 0 amide bonds. The minimum Gasteiger partial charge on any atom is -0.454 e. The van der Waals surface area contributed by atoms with Crippen LogP contribution in [0, 0.1) is 0 Å². The Kier molecular flexibility index (Phi) is 4.34. The van der Waals surface area contributed by atoms with E-state index in [1.165, 1.54) is 6.08 Å². The second-order valence-corrected chi connectivity index (χ2v) is 5.42. The molecule has 0 aliphatic carbocycles. The van der Waals surface area contributed by atoms with Crippen LogP contribution >= 0.6 is 0 Å². The van der Waals surface area contributed by atoms with Crippen molar-refractivity contribution in [3.8, 4) is 23.0 Å². The SMILES string of the molecule is O=C(C=Cc1ccc2c(c1)OCO2)OCc1nnc(-c2ccccc2)o1. The fourth-order valence-electron chi connectivity index (χ4n) is 2.37. The summed E-state index contributed by atoms with van der Waals surface area (Å²) in [4.78, 5) is 11.8. The summed E-state index contributed by atoms with van der Waals surface area (Å²) < 4.78 is 21.1. The summed E-state index contributed by atoms with van der Waals surface area (Å²) in [6.45, 7) is 0.115. The zero-order chi connectivity index (χ0) is 17.8. The first-order valence-corrected chi connectivity index (χ1v) is 7.90. The molecule has 1 aromatic heterocycles. The largest absolute Gasteiger partial charge is 0.454 e. The van der Waals surface area contributed by atoms with Crippen LogP contribution in [-0.4, -0.2) is 23.0 Å². The standard InChI is InChI=1S/C19H14N2O5/c22-18(9-7-13-6-8-15-16(10-13)25-12-24-15)23-11-17-20-21-19(26-17)14-4-2-1-3-5-14/h1-10H,11-12H2. The molecular formula is C19H14N2O5. The molecule has 26 heavy (non-hydrogen) atoms. The molecule has 130 valence electrons. The molecule has 0 N–H and O–H groups in total. The molecule has 0 bridgehead atoms. The number of hydrogen-bond donors (Lipinski definition) is 0. The van der Waals surface area contributed by atoms with Gasteiger partial charge in [0.25, 0.3) is 5.89 Å². The highest BCUT2D eigenvalue weighted by Gasteiger charge is 2.13. The van der Waals surface area contributed by atoms with Gasteiger partial charge in [0.1, 0.15) is 0 Å². The summed E-state index contributed by atoms with van der Waals surface area (Å²) in [6.07, 6.45) is 2.96. The lowest BCUT2D eigenvalue weighted by Crippen LogP contribution is -2.00. The first-order chi connectivity index (χ1) is 12.8. The van der Waals surface area contributed by atoms with E-state index in [-0.39, 0.29) is 19.3 Å². The van der Waals surface area contributed by atoms with Crippen LogP contribution in [0.5, 0.6) is 11.5 Å². The van der Waals surface area contributed by atoms with Crippen molar-refractivity contribution in [2.75, 3.05) is 6.79 Å². The molecule has 2 aromatic carbocycles. The third kappa shape index (κ3) is 3.56. The Morgan fingerprint density at radius 2 is 1.92 bits per heavy atom. The highest BCUT2D eigenvalue weighted by atomic mass is 16.7. The number of ether oxygens (including phenoxy) is 3. The van der Waals surface area contributed by atoms with E-state index in [4.69, 9.17) is 18.6 Å². The maximum absolute atomic E-state index is 11.8. The van der Waals surface area contributed by atoms with Crippen LogP contribution in [0.15, 0.2) is 59.0 Å². The van der Waals surface area contributed by atoms with Gasteiger partial charge in [-0.1, -0.05) is 24.3 Å². The van der Waals surface area contributed by atoms with Crippen molar-refractivity contribution in [3.05, 3.63) is 66.1 Å². The number of nitrogens with zero attached hydrogens (tertiary/aromatic N) is 2. The van der Waals surface area contributed by atoms with Crippen LogP contribution in [0.1, 0.15) is 11.5 Å². The van der Waals surface area contributed by atoms with E-state index in [1.54, 1.807) is 18.2 Å². The molecule has 0 saturated heterocycles. The van der Waals surface area contributed by atoms with E-state index < -0.39 is 5.97 Å². The number of esters is 1. The van der Waals surface area contributed by atoms with Gasteiger partial charge in [-0.25, -0.2) is 4.79 Å². The van der Waals surface area contributed by atoms with Gasteiger partial charge < -0.3 is 18.6 Å². The zero-order valence-electron chi connectivity index (χ0n) is 13.6. The topological polar surface area (TPSA) is 83.7 Å². The molecule has 0 atom stereocenters. The van der Waals surface area contributed by atoms with Gasteiger partial charge in [-0.3, -0.25) is 0 Å². The Morgan fingerprint density at radius 1 is 1.08 bits per heavy atom. The first-order valence-electron chi connectivity index (χ1n) is 7.90. The van der Waals surface area contributed by atoms with Crippen LogP contribution in [-0.2, 0) is 16.1 Å². The van der Waals surface area contributed by atoms with Crippen molar-refractivity contribution < 1.29 is 23.4 Å². The van der Waals surface area contributed by atoms with E-state index in [1.807, 2.05) is 36.4 Å². The summed E-state index contributed by atoms with van der Waals surface area (Å²) in [7, 11) is 0. The first kappa shape index (κ1) is 15.9. The van der Waals surface area contributed by atoms with Gasteiger partial charge in [0.05, 0.1) is 0 Å². The van der Waals surface area contributed by atoms with Crippen molar-refractivity contribution in [1.82, 2.24) is 10.2 Å². The molecule has 0 fully saturated rings. The average molecular weight is 350 g/mol. The Balaban J connectivity index is 1.33. The number of benzene rings is 2. The fraction of sp³-hybridized carbons (Fsp3) is 0.105. The van der Waals surface area contributed by atoms with Crippen LogP contribution in [0.2, 0.25) is 0 Å². The summed E-state index contributed by atoms with van der Waals surface area (Å²) in [5.74, 6) is 1.44. The van der Waals surface area contributed by atoms with Crippen LogP contribution in [0.3, 0.4) is 0 Å². The number of aromatic nitrogens is 2. The molecule has 1 aliphatic heterocycles. The molecule has 0 radical (unpaired) electrons. The van der Waals surface area contributed by atoms with E-state index >= 15 is 0 Å². The monoisotopic (exact) mass is 350 g/mol. The summed E-state index contributed by atoms with van der Waals surface area (Å²) in [6, 6.07) is 14.8. The second-order valence-electron chi connectivity index (χ2n) is 5.42. The lowest BCUT2D eigenvalue weighted by atomic mass is 10.2. The van der Waals surface area contributed by atoms with Crippen LogP contribution in [0.4, 0.5) is 0 Å². The average Bonchev–Trinajstić information content (AvgIpc) is 3.34. The maximum Gasteiger partial charge on any atom is 0.331 e. The fourth-order valence-corrected chi connectivity index (χ4v) is 2.37. The Morgan fingerprint density at radius 3 is 2.81 bits per heavy atom. The highest BCUT2D eigenvalue weighted by Crippen LogP contribution is 2.32. The van der Waals surface area contributed by atoms with E-state index in [0.717, 1.165) is 11.1 Å². The maximum atomic E-state index is 11.8. The van der Waals surface area contributed by atoms with Crippen LogP contribution in [0.25, 0.3) is 17.5 Å². The zero-order valence-corrected chi connectivity index (χ0v) is 13.6. The summed E-state index contributed by atoms with van der Waals surface area (Å²) in [5.41, 5.74) is 1.61. The summed E-state index contributed by atoms with van der Waals surface area (Å²) >= 11 is 0. The van der Waals surface area contributed by atoms with Gasteiger partial charge in [0, 0.05) is 11.6 Å². The predicted molar refractivity (Wildman–Crippen MR) is 91.1 cm³/mol. The minimum atomic E-state index is -0.512. The normalized spacial score (nSPS) is 12.5. The van der Waals surface area contributed by atoms with E-state index in [9.17, 15) is 4.79 Å². The van der Waals surface area contributed by atoms with Gasteiger partial charge in [-0.15, -0.1) is 10.2 Å². The lowest BCUT2D eigenvalue weighted by molar-refractivity contribution is -0.139. The van der Waals surface area contributed by atoms with Crippen molar-refractivity contribution in [2.45, 2.75) is 6.61 Å². The van der Waals surface area contributed by atoms with Crippen molar-refractivity contribution in [2.24, 2.45) is 0 Å². The molecule has 3 aromatic rings. The van der Waals surface area contributed by atoms with Crippen molar-refractivity contribution in [3.63, 3.8) is 0 Å². The van der Waals surface area contributed by atoms with Gasteiger partial charge in [0.15, 0.2) is 18.1 Å². The molecular weight excluding hydrogens is 336 g/mol. The number of rotatable bonds is 5. The van der Waals surface area contributed by atoms with Crippen molar-refractivity contribution >= 4 is 12.0 Å². The Bertz CT molecular complexity index is 950. The Labute approximate surface area is 148 Å². The smallest absolute Gasteiger partial charge is 0.331 e. The summed E-state index contributed by atoms with van der Waals surface area (Å²) in [5, 5.41) is 7.81. The van der Waals surface area contributed by atoms with Gasteiger partial charge in [-0.2, -0.15) is 0 Å². The predicted octanol–water partition coefficient (Wildman–Crippen LogP) is 3.22. The molecule has 0 spiro atoms. The van der Waals surface area contributed by atoms with E-state index in [2.05, 4.69) is 10.2 Å². The molecule has 2 heterocycles. The molecule has 7 nitrogen and oxygen atoms in total. The Hall–Kier alpha value is -3.61. The lowest BCUT2D eigenvalue weighted by Gasteiger charge is -1.99. The third-order valence-electron chi connectivity index (χ3n) is 3.63. The van der Waals surface area contributed by atoms with Gasteiger partial charge in [-0.05, 0) is 35.9 Å². The molecule has 0 saturated carbocycles. The molecule has 0 unspecified atom stereocenters. The quantitative estimate of drug-likeness (QED) is 0.516. The van der Waals surface area contributed by atoms with Crippen molar-refractivity contribution in [1.29, 1.82) is 0 Å². The highest BCUT2D eigenvalue weighted by molar-refractivity contribution is 5.87. The molecule has 7 heteroatoms. The number of carbonyl (C=O) groups is 1. The van der Waals surface area contributed by atoms with Gasteiger partial charge >= 0.3 is 5.97 Å². The van der Waals surface area contributed by atoms with E-state index in [0.29, 0.717) is 17.4 Å². The minimum absolute atomic E-state index is 0.0931. The van der Waals surface area contributed by atoms with Gasteiger partial charge in [0.2, 0.25) is 12.7 Å². The number of carbonyl (C=O) groups excluding carboxylic acids is 1. The third-order valence-corrected chi connectivity index (χ3v) is 3.63. The number of fused-ring (bicyclic) bond motifs is 1. The second kappa shape index (κ2) is 7.10. The molecule has 1 aliphatic rings. The van der Waals surface area contributed by atoms with Crippen LogP contribution < -0.4 is 9.47 Å². The molecule has 4 rings (SSSR count).